The van der Waals surface area contributed by atoms with E-state index in [0.717, 1.165) is 38.5 Å². The number of carbonyl (C=O) groups excluding carboxylic acids is 2. The summed E-state index contributed by atoms with van der Waals surface area (Å²) in [7, 11) is 0. The van der Waals surface area contributed by atoms with Gasteiger partial charge >= 0.3 is 11.9 Å². The van der Waals surface area contributed by atoms with Crippen molar-refractivity contribution in [1.82, 2.24) is 0 Å². The van der Waals surface area contributed by atoms with Crippen molar-refractivity contribution in [1.29, 1.82) is 0 Å². The summed E-state index contributed by atoms with van der Waals surface area (Å²) < 4.78 is 11.2. The van der Waals surface area contributed by atoms with Crippen molar-refractivity contribution in [2.75, 3.05) is 0 Å². The Morgan fingerprint density at radius 2 is 1.93 bits per heavy atom. The number of hydrogen-bond donors (Lipinski definition) is 0. The van der Waals surface area contributed by atoms with E-state index >= 15 is 0 Å². The molecule has 4 aliphatic rings. The van der Waals surface area contributed by atoms with E-state index in [0.29, 0.717) is 23.7 Å². The molecule has 0 aromatic carbocycles. The number of fused-ring (bicyclic) bond motifs is 5. The summed E-state index contributed by atoms with van der Waals surface area (Å²) in [4.78, 5) is 23.1. The molecular formula is C24H30O4. The van der Waals surface area contributed by atoms with E-state index in [1.54, 1.807) is 0 Å². The van der Waals surface area contributed by atoms with Crippen molar-refractivity contribution >= 4 is 11.9 Å². The molecule has 0 spiro atoms. The standard InChI is InChI=1S/C24H30O4/c1-5-24(28-16(3)26)13-11-22-21-8-6-17-14-18(27-15(2)25)7-9-19(17)20(21)10-12-23(22,24)4/h1,6,8,14,18-22H,7,9-13H2,2-4H3/t18-,19-,20+,21+,22-,23-,24?/m0/s1. The molecule has 4 nitrogen and oxygen atoms in total. The van der Waals surface area contributed by atoms with Crippen molar-refractivity contribution in [3.05, 3.63) is 23.8 Å². The van der Waals surface area contributed by atoms with Crippen molar-refractivity contribution in [2.45, 2.75) is 71.0 Å². The Morgan fingerprint density at radius 1 is 1.14 bits per heavy atom. The van der Waals surface area contributed by atoms with Crippen molar-refractivity contribution in [3.8, 4) is 12.3 Å². The highest BCUT2D eigenvalue weighted by molar-refractivity contribution is 5.67. The average molecular weight is 383 g/mol. The summed E-state index contributed by atoms with van der Waals surface area (Å²) in [5, 5.41) is 0. The maximum atomic E-state index is 11.8. The highest BCUT2D eigenvalue weighted by atomic mass is 16.6. The van der Waals surface area contributed by atoms with Crippen LogP contribution in [0, 0.1) is 41.4 Å². The first kappa shape index (κ1) is 19.3. The van der Waals surface area contributed by atoms with Gasteiger partial charge in [-0.25, -0.2) is 0 Å². The van der Waals surface area contributed by atoms with Crippen LogP contribution in [0.5, 0.6) is 0 Å². The Bertz CT molecular complexity index is 787. The van der Waals surface area contributed by atoms with Gasteiger partial charge in [0.2, 0.25) is 0 Å². The van der Waals surface area contributed by atoms with Gasteiger partial charge < -0.3 is 9.47 Å². The summed E-state index contributed by atoms with van der Waals surface area (Å²) in [6.07, 6.45) is 18.4. The van der Waals surface area contributed by atoms with E-state index in [-0.39, 0.29) is 23.5 Å². The highest BCUT2D eigenvalue weighted by Crippen LogP contribution is 2.64. The third kappa shape index (κ3) is 2.82. The van der Waals surface area contributed by atoms with Gasteiger partial charge in [-0.05, 0) is 73.8 Å². The number of esters is 2. The second-order valence-corrected chi connectivity index (χ2v) is 9.27. The molecule has 0 bridgehead atoms. The van der Waals surface area contributed by atoms with Gasteiger partial charge in [-0.15, -0.1) is 6.42 Å². The Hall–Kier alpha value is -2.02. The van der Waals surface area contributed by atoms with Gasteiger partial charge in [0, 0.05) is 19.3 Å². The van der Waals surface area contributed by atoms with E-state index in [2.05, 4.69) is 31.1 Å². The van der Waals surface area contributed by atoms with Crippen LogP contribution in [-0.4, -0.2) is 23.6 Å². The lowest BCUT2D eigenvalue weighted by molar-refractivity contribution is -0.166. The van der Waals surface area contributed by atoms with Gasteiger partial charge in [0.1, 0.15) is 6.10 Å². The van der Waals surface area contributed by atoms with E-state index < -0.39 is 5.60 Å². The molecule has 0 aromatic rings. The largest absolute Gasteiger partial charge is 0.458 e. The number of terminal acetylenes is 1. The van der Waals surface area contributed by atoms with Crippen LogP contribution in [0.3, 0.4) is 0 Å². The van der Waals surface area contributed by atoms with Gasteiger partial charge in [-0.3, -0.25) is 9.59 Å². The SMILES string of the molecule is C#CC1(OC(C)=O)CC[C@H]2[C@@H]3C=CC4=C[C@@H](OC(C)=O)CC[C@@H]4[C@H]3CC[C@@]21C. The van der Waals surface area contributed by atoms with Gasteiger partial charge in [0.15, 0.2) is 5.60 Å². The van der Waals surface area contributed by atoms with Crippen molar-refractivity contribution in [2.24, 2.45) is 29.1 Å². The normalized spacial score (nSPS) is 43.6. The molecule has 4 heteroatoms. The van der Waals surface area contributed by atoms with Crippen LogP contribution in [0.15, 0.2) is 23.8 Å². The molecular weight excluding hydrogens is 352 g/mol. The molecule has 0 N–H and O–H groups in total. The number of rotatable bonds is 2. The second kappa shape index (κ2) is 6.79. The first-order chi connectivity index (χ1) is 13.3. The molecule has 0 aliphatic heterocycles. The maximum Gasteiger partial charge on any atom is 0.304 e. The molecule has 4 aliphatic carbocycles. The van der Waals surface area contributed by atoms with Crippen LogP contribution in [-0.2, 0) is 19.1 Å². The smallest absolute Gasteiger partial charge is 0.304 e. The fourth-order valence-corrected chi connectivity index (χ4v) is 6.75. The Labute approximate surface area is 167 Å². The summed E-state index contributed by atoms with van der Waals surface area (Å²) in [6, 6.07) is 0. The van der Waals surface area contributed by atoms with Crippen LogP contribution < -0.4 is 0 Å². The zero-order chi connectivity index (χ0) is 20.1. The monoisotopic (exact) mass is 382 g/mol. The fourth-order valence-electron chi connectivity index (χ4n) is 6.75. The van der Waals surface area contributed by atoms with E-state index in [4.69, 9.17) is 15.9 Å². The minimum atomic E-state index is -0.772. The Kier molecular flexibility index (Phi) is 4.68. The molecule has 0 heterocycles. The molecule has 1 unspecified atom stereocenters. The van der Waals surface area contributed by atoms with Crippen LogP contribution >= 0.6 is 0 Å². The summed E-state index contributed by atoms with van der Waals surface area (Å²) in [5.74, 6) is 4.43. The van der Waals surface area contributed by atoms with Gasteiger partial charge in [-0.1, -0.05) is 25.0 Å². The van der Waals surface area contributed by atoms with Crippen LogP contribution in [0.1, 0.15) is 59.3 Å². The molecule has 0 radical (unpaired) electrons. The van der Waals surface area contributed by atoms with E-state index in [1.807, 2.05) is 0 Å². The second-order valence-electron chi connectivity index (χ2n) is 9.27. The molecule has 0 aromatic heterocycles. The lowest BCUT2D eigenvalue weighted by atomic mass is 9.52. The highest BCUT2D eigenvalue weighted by Gasteiger charge is 2.63. The molecule has 0 saturated heterocycles. The number of allylic oxidation sites excluding steroid dienone is 3. The van der Waals surface area contributed by atoms with Crippen molar-refractivity contribution in [3.63, 3.8) is 0 Å². The van der Waals surface area contributed by atoms with Gasteiger partial charge in [0.25, 0.3) is 0 Å². The zero-order valence-corrected chi connectivity index (χ0v) is 17.1. The first-order valence-corrected chi connectivity index (χ1v) is 10.5. The number of hydrogen-bond acceptors (Lipinski definition) is 4. The average Bonchev–Trinajstić information content (AvgIpc) is 2.93. The van der Waals surface area contributed by atoms with Gasteiger partial charge in [0.05, 0.1) is 0 Å². The molecule has 2 fully saturated rings. The lowest BCUT2D eigenvalue weighted by Gasteiger charge is -2.53. The van der Waals surface area contributed by atoms with E-state index in [9.17, 15) is 9.59 Å². The van der Waals surface area contributed by atoms with Crippen LogP contribution in [0.25, 0.3) is 0 Å². The molecule has 7 atom stereocenters. The number of ether oxygens (including phenoxy) is 2. The predicted octanol–water partition coefficient (Wildman–Crippen LogP) is 4.20. The van der Waals surface area contributed by atoms with E-state index in [1.165, 1.54) is 19.4 Å². The zero-order valence-electron chi connectivity index (χ0n) is 17.1. The minimum absolute atomic E-state index is 0.0941. The molecule has 4 rings (SSSR count). The van der Waals surface area contributed by atoms with Crippen LogP contribution in [0.4, 0.5) is 0 Å². The minimum Gasteiger partial charge on any atom is -0.458 e. The lowest BCUT2D eigenvalue weighted by Crippen LogP contribution is -2.53. The maximum absolute atomic E-state index is 11.8. The fraction of sp³-hybridized carbons (Fsp3) is 0.667. The van der Waals surface area contributed by atoms with Gasteiger partial charge in [-0.2, -0.15) is 0 Å². The Morgan fingerprint density at radius 3 is 2.61 bits per heavy atom. The summed E-state index contributed by atoms with van der Waals surface area (Å²) >= 11 is 0. The summed E-state index contributed by atoms with van der Waals surface area (Å²) in [6.45, 7) is 5.17. The number of carbonyl (C=O) groups is 2. The molecule has 28 heavy (non-hydrogen) atoms. The quantitative estimate of drug-likeness (QED) is 0.530. The third-order valence-electron chi connectivity index (χ3n) is 7.97. The molecule has 150 valence electrons. The predicted molar refractivity (Wildman–Crippen MR) is 106 cm³/mol. The first-order valence-electron chi connectivity index (χ1n) is 10.5. The molecule has 2 saturated carbocycles. The Balaban J connectivity index is 1.62. The third-order valence-corrected chi connectivity index (χ3v) is 7.97. The molecule has 0 amide bonds. The summed E-state index contributed by atoms with van der Waals surface area (Å²) in [5.41, 5.74) is 0.379. The topological polar surface area (TPSA) is 52.6 Å². The van der Waals surface area contributed by atoms with Crippen molar-refractivity contribution < 1.29 is 19.1 Å². The van der Waals surface area contributed by atoms with Crippen LogP contribution in [0.2, 0.25) is 0 Å².